The number of nitrogens with zero attached hydrogens (tertiary/aromatic N) is 6. The molecule has 3 aromatic carbocycles. The molecule has 2 fully saturated rings. The Balaban J connectivity index is 0.934. The predicted octanol–water partition coefficient (Wildman–Crippen LogP) is 4.69. The molecule has 4 heterocycles. The Morgan fingerprint density at radius 1 is 0.943 bits per heavy atom. The minimum atomic E-state index is -4.29. The van der Waals surface area contributed by atoms with Gasteiger partial charge >= 0.3 is 13.9 Å². The molecule has 1 atom stereocenters. The number of anilines is 2. The van der Waals surface area contributed by atoms with Crippen molar-refractivity contribution in [2.75, 3.05) is 55.7 Å². The fraction of sp³-hybridized carbons (Fsp3) is 0.229. The van der Waals surface area contributed by atoms with E-state index < -0.39 is 44.2 Å². The van der Waals surface area contributed by atoms with Gasteiger partial charge < -0.3 is 33.3 Å². The molecule has 0 radical (unpaired) electrons. The van der Waals surface area contributed by atoms with E-state index in [2.05, 4.69) is 15.3 Å². The van der Waals surface area contributed by atoms with Crippen LogP contribution in [0.2, 0.25) is 0 Å². The lowest BCUT2D eigenvalue weighted by molar-refractivity contribution is -0.130. The quantitative estimate of drug-likeness (QED) is 0.177. The lowest BCUT2D eigenvalue weighted by Crippen LogP contribution is -2.51. The van der Waals surface area contributed by atoms with E-state index in [1.807, 2.05) is 0 Å². The smallest absolute Gasteiger partial charge is 0.441 e. The fourth-order valence-corrected chi connectivity index (χ4v) is 7.04. The molecule has 2 saturated heterocycles. The molecule has 3 amide bonds. The normalized spacial score (nSPS) is 16.1. The summed E-state index contributed by atoms with van der Waals surface area (Å²) in [6, 6.07) is 18.5. The summed E-state index contributed by atoms with van der Waals surface area (Å²) in [5.74, 6) is -2.28. The molecule has 2 aromatic heterocycles. The summed E-state index contributed by atoms with van der Waals surface area (Å²) in [7, 11) is -4.29. The molecule has 7 rings (SSSR count). The van der Waals surface area contributed by atoms with E-state index in [1.54, 1.807) is 77.5 Å². The van der Waals surface area contributed by atoms with Gasteiger partial charge in [0.2, 0.25) is 5.91 Å². The van der Waals surface area contributed by atoms with Gasteiger partial charge in [-0.15, -0.1) is 0 Å². The first-order valence-electron chi connectivity index (χ1n) is 16.4. The first-order chi connectivity index (χ1) is 25.6. The number of aromatic nitrogens is 3. The van der Waals surface area contributed by atoms with Crippen LogP contribution in [0.4, 0.5) is 25.0 Å². The molecule has 2 aliphatic rings. The van der Waals surface area contributed by atoms with Gasteiger partial charge in [0.05, 0.1) is 31.6 Å². The Morgan fingerprint density at radius 3 is 2.21 bits per heavy atom. The SMILES string of the molecule is O=C(NCC(=O)N1CCN(c2c(F)cc(N3C[C@H](COP(=O)(Oc4ccccc4)Oc4ccccc4)OC3=O)cc2F)CC1)c1cn2ccncc2n1. The third-order valence-corrected chi connectivity index (χ3v) is 9.71. The number of phosphoric acid groups is 1. The van der Waals surface area contributed by atoms with Gasteiger partial charge in [-0.05, 0) is 24.3 Å². The third-order valence-electron chi connectivity index (χ3n) is 8.37. The number of benzene rings is 3. The molecule has 0 spiro atoms. The van der Waals surface area contributed by atoms with Gasteiger partial charge in [-0.3, -0.25) is 24.0 Å². The van der Waals surface area contributed by atoms with Crippen LogP contribution in [0.1, 0.15) is 10.5 Å². The summed E-state index contributed by atoms with van der Waals surface area (Å²) < 4.78 is 68.4. The number of halogens is 2. The van der Waals surface area contributed by atoms with Crippen LogP contribution in [0.25, 0.3) is 5.65 Å². The molecule has 53 heavy (non-hydrogen) atoms. The highest BCUT2D eigenvalue weighted by Crippen LogP contribution is 2.50. The number of imidazole rings is 1. The second-order valence-corrected chi connectivity index (χ2v) is 13.5. The van der Waals surface area contributed by atoms with Crippen molar-refractivity contribution in [3.05, 3.63) is 115 Å². The Morgan fingerprint density at radius 2 is 1.58 bits per heavy atom. The van der Waals surface area contributed by atoms with Crippen molar-refractivity contribution in [2.45, 2.75) is 6.10 Å². The Hall–Kier alpha value is -6.06. The zero-order valence-electron chi connectivity index (χ0n) is 27.9. The van der Waals surface area contributed by atoms with E-state index in [4.69, 9.17) is 18.3 Å². The van der Waals surface area contributed by atoms with Crippen LogP contribution in [-0.4, -0.2) is 89.2 Å². The summed E-state index contributed by atoms with van der Waals surface area (Å²) in [5, 5.41) is 2.56. The summed E-state index contributed by atoms with van der Waals surface area (Å²) >= 11 is 0. The lowest BCUT2D eigenvalue weighted by Gasteiger charge is -2.36. The number of rotatable bonds is 12. The highest BCUT2D eigenvalue weighted by molar-refractivity contribution is 7.49. The number of piperazine rings is 1. The topological polar surface area (TPSA) is 157 Å². The maximum Gasteiger partial charge on any atom is 0.587 e. The van der Waals surface area contributed by atoms with E-state index in [1.165, 1.54) is 22.2 Å². The van der Waals surface area contributed by atoms with Crippen LogP contribution in [-0.2, 0) is 18.6 Å². The van der Waals surface area contributed by atoms with Crippen LogP contribution in [0.15, 0.2) is 97.6 Å². The number of cyclic esters (lactones) is 1. The summed E-state index contributed by atoms with van der Waals surface area (Å²) in [5.41, 5.74) is 0.214. The summed E-state index contributed by atoms with van der Waals surface area (Å²) in [6.07, 6.45) is 4.36. The number of amides is 3. The van der Waals surface area contributed by atoms with E-state index >= 15 is 8.78 Å². The van der Waals surface area contributed by atoms with Crippen LogP contribution in [0.5, 0.6) is 11.5 Å². The summed E-state index contributed by atoms with van der Waals surface area (Å²) in [4.78, 5) is 50.3. The monoisotopic (exact) mass is 747 g/mol. The van der Waals surface area contributed by atoms with Crippen molar-refractivity contribution < 1.29 is 46.0 Å². The van der Waals surface area contributed by atoms with E-state index in [0.29, 0.717) is 5.65 Å². The lowest BCUT2D eigenvalue weighted by atomic mass is 10.2. The predicted molar refractivity (Wildman–Crippen MR) is 186 cm³/mol. The van der Waals surface area contributed by atoms with Crippen LogP contribution >= 0.6 is 7.82 Å². The molecule has 2 aliphatic heterocycles. The number of fused-ring (bicyclic) bond motifs is 1. The van der Waals surface area contributed by atoms with E-state index in [-0.39, 0.29) is 73.7 Å². The van der Waals surface area contributed by atoms with Crippen molar-refractivity contribution in [2.24, 2.45) is 0 Å². The highest BCUT2D eigenvalue weighted by atomic mass is 31.2. The maximum atomic E-state index is 15.5. The number of ether oxygens (including phenoxy) is 1. The van der Waals surface area contributed by atoms with Crippen LogP contribution < -0.4 is 24.2 Å². The third kappa shape index (κ3) is 8.21. The van der Waals surface area contributed by atoms with Crippen LogP contribution in [0.3, 0.4) is 0 Å². The van der Waals surface area contributed by atoms with Gasteiger partial charge in [0.25, 0.3) is 5.91 Å². The van der Waals surface area contributed by atoms with Crippen molar-refractivity contribution in [3.63, 3.8) is 0 Å². The zero-order valence-corrected chi connectivity index (χ0v) is 28.8. The molecular weight excluding hydrogens is 715 g/mol. The van der Waals surface area contributed by atoms with Gasteiger partial charge in [-0.2, -0.15) is 0 Å². The number of phosphoric ester groups is 1. The maximum absolute atomic E-state index is 15.5. The average molecular weight is 748 g/mol. The molecule has 0 bridgehead atoms. The number of carbonyl (C=O) groups excluding carboxylic acids is 3. The number of nitrogens with one attached hydrogen (secondary N) is 1. The van der Waals surface area contributed by atoms with Gasteiger partial charge in [0.15, 0.2) is 17.3 Å². The van der Waals surface area contributed by atoms with Crippen LogP contribution in [0, 0.1) is 11.6 Å². The van der Waals surface area contributed by atoms with Crippen molar-refractivity contribution in [3.8, 4) is 11.5 Å². The number of hydrogen-bond donors (Lipinski definition) is 1. The van der Waals surface area contributed by atoms with E-state index in [9.17, 15) is 18.9 Å². The number of para-hydroxylation sites is 2. The van der Waals surface area contributed by atoms with Gasteiger partial charge in [-0.25, -0.2) is 23.1 Å². The van der Waals surface area contributed by atoms with Gasteiger partial charge in [0.1, 0.15) is 29.0 Å². The Labute approximate surface area is 301 Å². The molecule has 0 unspecified atom stereocenters. The highest BCUT2D eigenvalue weighted by Gasteiger charge is 2.38. The molecule has 5 aromatic rings. The average Bonchev–Trinajstić information content (AvgIpc) is 3.77. The summed E-state index contributed by atoms with van der Waals surface area (Å²) in [6.45, 7) is -0.311. The molecule has 18 heteroatoms. The van der Waals surface area contributed by atoms with Gasteiger partial charge in [0, 0.05) is 56.9 Å². The first kappa shape index (κ1) is 35.3. The fourth-order valence-electron chi connectivity index (χ4n) is 5.79. The van der Waals surface area contributed by atoms with Crippen molar-refractivity contribution in [1.29, 1.82) is 0 Å². The van der Waals surface area contributed by atoms with Crippen molar-refractivity contribution >= 4 is 42.8 Å². The second kappa shape index (κ2) is 15.3. The molecule has 274 valence electrons. The minimum absolute atomic E-state index is 0.0908. The second-order valence-electron chi connectivity index (χ2n) is 11.9. The standard InChI is InChI=1S/C35H32F2N7O8P/c36-28-17-24(44-21-27(50-35(44)47)23-49-53(48,51-25-7-3-1-4-8-25)52-26-9-5-2-6-10-26)18-29(37)33(28)42-15-13-41(14-16-42)32(45)20-39-34(46)30-22-43-12-11-38-19-31(43)40-30/h1-12,17-19,22,27H,13-16,20-21,23H2,(H,39,46)/t27-/m1/s1. The molecule has 15 nitrogen and oxygen atoms in total. The number of carbonyl (C=O) groups is 3. The Bertz CT molecular complexity index is 2070. The zero-order chi connectivity index (χ0) is 37.0. The molecule has 0 aliphatic carbocycles. The van der Waals surface area contributed by atoms with Crippen molar-refractivity contribution in [1.82, 2.24) is 24.6 Å². The molecule has 0 saturated carbocycles. The largest absolute Gasteiger partial charge is 0.587 e. The van der Waals surface area contributed by atoms with Gasteiger partial charge in [-0.1, -0.05) is 36.4 Å². The number of hydrogen-bond acceptors (Lipinski definition) is 11. The molecule has 1 N–H and O–H groups in total. The molecular formula is C35H32F2N7O8P. The first-order valence-corrected chi connectivity index (χ1v) is 17.9. The van der Waals surface area contributed by atoms with E-state index in [0.717, 1.165) is 17.0 Å². The Kier molecular flexibility index (Phi) is 10.2. The minimum Gasteiger partial charge on any atom is -0.441 e.